The van der Waals surface area contributed by atoms with E-state index in [4.69, 9.17) is 33.1 Å². The Morgan fingerprint density at radius 1 is 1.04 bits per heavy atom. The van der Waals surface area contributed by atoms with Crippen molar-refractivity contribution in [3.05, 3.63) is 48.0 Å². The molecule has 3 heterocycles. The van der Waals surface area contributed by atoms with Crippen molar-refractivity contribution in [3.63, 3.8) is 0 Å². The lowest BCUT2D eigenvalue weighted by Crippen LogP contribution is -2.56. The number of nitrogens with one attached hydrogen (secondary N) is 1. The smallest absolute Gasteiger partial charge is 0.306 e. The number of methoxy groups -OCH3 is 1. The van der Waals surface area contributed by atoms with E-state index in [-0.39, 0.29) is 89.8 Å². The van der Waals surface area contributed by atoms with Crippen LogP contribution < -0.4 is 5.32 Å². The number of ketones is 1. The van der Waals surface area contributed by atoms with Crippen LogP contribution >= 0.6 is 0 Å². The maximum atomic E-state index is 14.4. The first-order valence-electron chi connectivity index (χ1n) is 18.1. The van der Waals surface area contributed by atoms with Gasteiger partial charge in [-0.25, -0.2) is 9.78 Å². The average molecular weight is 684 g/mol. The molecule has 1 N–H and O–H groups in total. The van der Waals surface area contributed by atoms with E-state index in [1.807, 2.05) is 27.7 Å². The third-order valence-corrected chi connectivity index (χ3v) is 11.9. The summed E-state index contributed by atoms with van der Waals surface area (Å²) < 4.78 is 30.1. The summed E-state index contributed by atoms with van der Waals surface area (Å²) >= 11 is 0. The highest BCUT2D eigenvalue weighted by Crippen LogP contribution is 2.54. The molecule has 11 heteroatoms. The molecule has 0 spiro atoms. The van der Waals surface area contributed by atoms with Crippen molar-refractivity contribution >= 4 is 17.7 Å². The summed E-state index contributed by atoms with van der Waals surface area (Å²) in [6.45, 7) is 7.97. The summed E-state index contributed by atoms with van der Waals surface area (Å²) in [6, 6.07) is 2.90. The first-order valence-corrected chi connectivity index (χ1v) is 18.1. The molecule has 1 saturated carbocycles. The highest BCUT2D eigenvalue weighted by atomic mass is 17.2. The number of amides is 1. The molecule has 270 valence electrons. The quantitative estimate of drug-likeness (QED) is 0.160. The molecule has 1 aromatic heterocycles. The largest absolute Gasteiger partial charge is 0.462 e. The van der Waals surface area contributed by atoms with Crippen LogP contribution in [0.2, 0.25) is 0 Å². The second kappa shape index (κ2) is 15.6. The molecule has 3 aliphatic carbocycles. The number of hydrogen-bond acceptors (Lipinski definition) is 10. The molecular formula is C38H53NO10. The Kier molecular flexibility index (Phi) is 11.5. The summed E-state index contributed by atoms with van der Waals surface area (Å²) in [5.74, 6) is -0.569. The van der Waals surface area contributed by atoms with Crippen molar-refractivity contribution in [3.8, 4) is 0 Å². The van der Waals surface area contributed by atoms with Gasteiger partial charge in [-0.05, 0) is 86.8 Å². The Morgan fingerprint density at radius 2 is 1.86 bits per heavy atom. The molecule has 11 nitrogen and oxygen atoms in total. The van der Waals surface area contributed by atoms with Crippen molar-refractivity contribution in [2.45, 2.75) is 115 Å². The van der Waals surface area contributed by atoms with Gasteiger partial charge in [0.2, 0.25) is 0 Å². The fourth-order valence-electron chi connectivity index (χ4n) is 9.00. The van der Waals surface area contributed by atoms with Crippen molar-refractivity contribution < 1.29 is 47.5 Å². The zero-order chi connectivity index (χ0) is 34.8. The zero-order valence-corrected chi connectivity index (χ0v) is 29.6. The molecule has 49 heavy (non-hydrogen) atoms. The lowest BCUT2D eigenvalue weighted by atomic mass is 9.70. The number of furan rings is 1. The van der Waals surface area contributed by atoms with E-state index in [1.54, 1.807) is 19.2 Å². The summed E-state index contributed by atoms with van der Waals surface area (Å²) in [5.41, 5.74) is 0.678. The van der Waals surface area contributed by atoms with Gasteiger partial charge in [0.05, 0.1) is 32.0 Å². The SMILES string of the molecule is CC[C@H]1CCC[C@H](NC(=O)c2ccco2)[C@@H](C)C(=O)C2=C[C@@H]3[C@@H](C=C[C@@H]4C[C@@H](OC5OC(C)C(C)C(OOC)C5OC)C[C@@H]34)[C@@H]2CC(=O)O1. The number of Topliss-reactive ketones (excluding diaryl/α,β-unsaturated/α-hetero) is 1. The highest BCUT2D eigenvalue weighted by molar-refractivity contribution is 6.00. The van der Waals surface area contributed by atoms with E-state index in [1.165, 1.54) is 13.4 Å². The average Bonchev–Trinajstić information content (AvgIpc) is 3.84. The number of esters is 1. The molecule has 0 bridgehead atoms. The Balaban J connectivity index is 1.23. The lowest BCUT2D eigenvalue weighted by molar-refractivity contribution is -0.382. The van der Waals surface area contributed by atoms with E-state index in [0.717, 1.165) is 12.8 Å². The molecule has 5 unspecified atom stereocenters. The van der Waals surface area contributed by atoms with Crippen molar-refractivity contribution in [2.24, 2.45) is 41.4 Å². The van der Waals surface area contributed by atoms with Gasteiger partial charge in [0.15, 0.2) is 17.8 Å². The number of hydrogen-bond donors (Lipinski definition) is 1. The van der Waals surface area contributed by atoms with Gasteiger partial charge in [0.1, 0.15) is 18.3 Å². The number of allylic oxidation sites excluding steroid dienone is 4. The second-order valence-corrected chi connectivity index (χ2v) is 14.7. The number of ether oxygens (including phenoxy) is 4. The van der Waals surface area contributed by atoms with Crippen LogP contribution in [0, 0.1) is 41.4 Å². The van der Waals surface area contributed by atoms with Crippen LogP contribution in [-0.4, -0.2) is 74.7 Å². The molecule has 5 aliphatic rings. The van der Waals surface area contributed by atoms with Crippen LogP contribution in [0.1, 0.15) is 83.2 Å². The second-order valence-electron chi connectivity index (χ2n) is 14.7. The van der Waals surface area contributed by atoms with Gasteiger partial charge >= 0.3 is 5.97 Å². The third-order valence-electron chi connectivity index (χ3n) is 11.9. The van der Waals surface area contributed by atoms with Crippen LogP contribution in [0.3, 0.4) is 0 Å². The third kappa shape index (κ3) is 7.47. The summed E-state index contributed by atoms with van der Waals surface area (Å²) in [6.07, 6.45) is 10.7. The lowest BCUT2D eigenvalue weighted by Gasteiger charge is -2.43. The van der Waals surface area contributed by atoms with Crippen molar-refractivity contribution in [2.75, 3.05) is 14.2 Å². The van der Waals surface area contributed by atoms with E-state index in [2.05, 4.69) is 23.5 Å². The van der Waals surface area contributed by atoms with E-state index in [0.29, 0.717) is 31.3 Å². The highest BCUT2D eigenvalue weighted by Gasteiger charge is 2.52. The van der Waals surface area contributed by atoms with Gasteiger partial charge in [-0.15, -0.1) is 0 Å². The fourth-order valence-corrected chi connectivity index (χ4v) is 9.00. The number of fused-ring (bicyclic) bond motifs is 5. The Morgan fingerprint density at radius 3 is 2.57 bits per heavy atom. The molecule has 0 radical (unpaired) electrons. The van der Waals surface area contributed by atoms with Crippen LogP contribution in [0.15, 0.2) is 46.6 Å². The first kappa shape index (κ1) is 36.0. The van der Waals surface area contributed by atoms with E-state index >= 15 is 0 Å². The van der Waals surface area contributed by atoms with Gasteiger partial charge in [0.25, 0.3) is 5.91 Å². The van der Waals surface area contributed by atoms with Gasteiger partial charge in [-0.3, -0.25) is 14.4 Å². The van der Waals surface area contributed by atoms with E-state index in [9.17, 15) is 14.4 Å². The van der Waals surface area contributed by atoms with Crippen LogP contribution in [0.4, 0.5) is 0 Å². The molecule has 1 aromatic rings. The summed E-state index contributed by atoms with van der Waals surface area (Å²) in [7, 11) is 3.13. The minimum atomic E-state index is -0.616. The molecule has 0 aromatic carbocycles. The Labute approximate surface area is 289 Å². The number of cyclic esters (lactones) is 1. The van der Waals surface area contributed by atoms with Gasteiger partial charge in [-0.2, -0.15) is 0 Å². The Bertz CT molecular complexity index is 1370. The maximum Gasteiger partial charge on any atom is 0.306 e. The topological polar surface area (TPSA) is 132 Å². The fraction of sp³-hybridized carbons (Fsp3) is 0.711. The minimum Gasteiger partial charge on any atom is -0.462 e. The number of carbonyl (C=O) groups is 3. The molecule has 14 atom stereocenters. The zero-order valence-electron chi connectivity index (χ0n) is 29.6. The van der Waals surface area contributed by atoms with Gasteiger partial charge < -0.3 is 28.7 Å². The summed E-state index contributed by atoms with van der Waals surface area (Å²) in [4.78, 5) is 51.5. The number of rotatable bonds is 8. The predicted molar refractivity (Wildman–Crippen MR) is 178 cm³/mol. The molecule has 1 amide bonds. The summed E-state index contributed by atoms with van der Waals surface area (Å²) in [5, 5.41) is 3.09. The predicted octanol–water partition coefficient (Wildman–Crippen LogP) is 5.59. The molecular weight excluding hydrogens is 630 g/mol. The van der Waals surface area contributed by atoms with Crippen molar-refractivity contribution in [1.29, 1.82) is 0 Å². The normalized spacial score (nSPS) is 41.1. The molecule has 3 fully saturated rings. The van der Waals surface area contributed by atoms with Crippen LogP contribution in [0.5, 0.6) is 0 Å². The van der Waals surface area contributed by atoms with E-state index < -0.39 is 24.4 Å². The number of carbonyl (C=O) groups excluding carboxylic acids is 3. The Hall–Kier alpha value is -2.83. The van der Waals surface area contributed by atoms with Crippen LogP contribution in [0.25, 0.3) is 0 Å². The molecule has 2 aliphatic heterocycles. The first-order chi connectivity index (χ1) is 23.6. The maximum absolute atomic E-state index is 14.4. The molecule has 2 saturated heterocycles. The monoisotopic (exact) mass is 683 g/mol. The molecule has 6 rings (SSSR count). The van der Waals surface area contributed by atoms with Crippen molar-refractivity contribution in [1.82, 2.24) is 5.32 Å². The van der Waals surface area contributed by atoms with Crippen LogP contribution in [-0.2, 0) is 38.3 Å². The minimum absolute atomic E-state index is 0.00381. The van der Waals surface area contributed by atoms with Gasteiger partial charge in [0, 0.05) is 30.9 Å². The van der Waals surface area contributed by atoms with Gasteiger partial charge in [-0.1, -0.05) is 39.0 Å². The standard InChI is InChI=1S/C38H53NO10/c1-7-24-10-8-11-31(39-37(42)32-12-9-15-45-32)21(3)34(41)30-18-28-26(29(30)19-33(40)47-24)14-13-23-16-25(17-27(23)28)48-38-36(43-5)35(49-44-6)20(2)22(4)46-38/h9,12-15,18,20-29,31,35-36,38H,7-8,10-11,16-17,19H2,1-6H3,(H,39,42)/t20?,21-,22?,23-,24+,25-,26-,27-,28-,29+,31+,35?,36?,38?/m1/s1.